The highest BCUT2D eigenvalue weighted by Gasteiger charge is 2.49. The molecule has 0 unspecified atom stereocenters. The van der Waals surface area contributed by atoms with E-state index in [1.807, 2.05) is 0 Å². The molecule has 2 aromatic carbocycles. The quantitative estimate of drug-likeness (QED) is 0.0456. The lowest BCUT2D eigenvalue weighted by Crippen LogP contribution is -2.61. The second-order valence-electron chi connectivity index (χ2n) is 11.9. The molecule has 1 fully saturated rings. The maximum atomic E-state index is 13.0. The minimum atomic E-state index is -1.87. The van der Waals surface area contributed by atoms with Gasteiger partial charge in [0.15, 0.2) is 35.4 Å². The van der Waals surface area contributed by atoms with Crippen molar-refractivity contribution in [2.24, 2.45) is 5.92 Å². The SMILES string of the molecule is COC(=O)C1=CO[C@@H](O[C@@H]2O[C@H](COC(=O)/C=C/c3ccc(O)c(O)c3)[C@@H](O)[C@H](OC(C)=O)[C@H]2O)/C(=C\CO)[C@@H]1CC(=O)OCCc1ccc(O)c(O)c1. The fourth-order valence-electron chi connectivity index (χ4n) is 5.49. The summed E-state index contributed by atoms with van der Waals surface area (Å²) in [6.45, 7) is -0.408. The summed E-state index contributed by atoms with van der Waals surface area (Å²) >= 11 is 0. The average Bonchev–Trinajstić information content (AvgIpc) is 3.13. The van der Waals surface area contributed by atoms with Crippen LogP contribution in [-0.4, -0.2) is 124 Å². The minimum Gasteiger partial charge on any atom is -0.504 e. The number of phenols is 4. The van der Waals surface area contributed by atoms with Crippen LogP contribution in [0.2, 0.25) is 0 Å². The molecule has 0 aromatic heterocycles. The van der Waals surface area contributed by atoms with E-state index in [4.69, 9.17) is 33.2 Å². The summed E-state index contributed by atoms with van der Waals surface area (Å²) in [4.78, 5) is 50.1. The van der Waals surface area contributed by atoms with Crippen molar-refractivity contribution < 1.29 is 88.1 Å². The molecule has 7 atom stereocenters. The van der Waals surface area contributed by atoms with Gasteiger partial charge in [-0.2, -0.15) is 0 Å². The Labute approximate surface area is 307 Å². The number of carbonyl (C=O) groups is 4. The number of aliphatic hydroxyl groups is 3. The fraction of sp³-hybridized carbons (Fsp3) is 0.389. The van der Waals surface area contributed by atoms with E-state index < -0.39 is 92.2 Å². The van der Waals surface area contributed by atoms with Gasteiger partial charge in [-0.05, 0) is 41.5 Å². The zero-order valence-electron chi connectivity index (χ0n) is 29.0. The molecule has 54 heavy (non-hydrogen) atoms. The van der Waals surface area contributed by atoms with Crippen molar-refractivity contribution in [2.75, 3.05) is 26.9 Å². The molecule has 18 heteroatoms. The van der Waals surface area contributed by atoms with Gasteiger partial charge in [-0.15, -0.1) is 0 Å². The van der Waals surface area contributed by atoms with Gasteiger partial charge in [0.1, 0.15) is 24.9 Å². The van der Waals surface area contributed by atoms with Crippen LogP contribution in [0, 0.1) is 5.92 Å². The lowest BCUT2D eigenvalue weighted by Gasteiger charge is -2.43. The molecule has 2 aliphatic rings. The van der Waals surface area contributed by atoms with E-state index in [1.54, 1.807) is 0 Å². The molecule has 0 bridgehead atoms. The smallest absolute Gasteiger partial charge is 0.337 e. The van der Waals surface area contributed by atoms with Crippen molar-refractivity contribution in [1.29, 1.82) is 0 Å². The van der Waals surface area contributed by atoms with Gasteiger partial charge < -0.3 is 68.9 Å². The first-order valence-electron chi connectivity index (χ1n) is 16.3. The first-order valence-corrected chi connectivity index (χ1v) is 16.3. The molecule has 1 saturated heterocycles. The number of methoxy groups -OCH3 is 1. The molecule has 2 aromatic rings. The van der Waals surface area contributed by atoms with E-state index in [2.05, 4.69) is 0 Å². The Morgan fingerprint density at radius 2 is 1.61 bits per heavy atom. The van der Waals surface area contributed by atoms with Gasteiger partial charge in [0.2, 0.25) is 6.29 Å². The highest BCUT2D eigenvalue weighted by molar-refractivity contribution is 5.91. The van der Waals surface area contributed by atoms with Gasteiger partial charge in [0, 0.05) is 30.9 Å². The van der Waals surface area contributed by atoms with Crippen LogP contribution in [0.5, 0.6) is 23.0 Å². The zero-order chi connectivity index (χ0) is 39.5. The average molecular weight is 761 g/mol. The maximum absolute atomic E-state index is 13.0. The molecule has 4 rings (SSSR count). The predicted octanol–water partition coefficient (Wildman–Crippen LogP) is 0.584. The Morgan fingerprint density at radius 1 is 0.907 bits per heavy atom. The van der Waals surface area contributed by atoms with Crippen molar-refractivity contribution in [1.82, 2.24) is 0 Å². The lowest BCUT2D eigenvalue weighted by atomic mass is 9.86. The third kappa shape index (κ3) is 10.7. The molecule has 2 aliphatic heterocycles. The second-order valence-corrected chi connectivity index (χ2v) is 11.9. The van der Waals surface area contributed by atoms with Crippen LogP contribution < -0.4 is 0 Å². The molecule has 0 spiro atoms. The molecule has 0 aliphatic carbocycles. The number of aliphatic hydroxyl groups excluding tert-OH is 3. The summed E-state index contributed by atoms with van der Waals surface area (Å²) in [5.74, 6) is -6.13. The van der Waals surface area contributed by atoms with Gasteiger partial charge in [-0.25, -0.2) is 9.59 Å². The number of aromatic hydroxyl groups is 4. The first kappa shape index (κ1) is 41.1. The number of ether oxygens (including phenoxy) is 7. The molecule has 0 radical (unpaired) electrons. The summed E-state index contributed by atoms with van der Waals surface area (Å²) < 4.78 is 37.8. The standard InChI is InChI=1S/C36H40O18/c1-18(38)52-33-31(45)28(17-50-29(43)8-5-19-3-6-24(39)26(41)13-19)53-36(32(33)46)54-35-21(9-11-37)22(23(16-51-35)34(47)48-2)15-30(44)49-12-10-20-4-7-25(40)27(42)14-20/h3-9,13-14,16,22,28,31-33,35-37,39-42,45-46H,10-12,15,17H2,1-2H3/b8-5+,21-9-/t22-,28+,31+,32+,33-,35-,36-/m0/s1. The molecular weight excluding hydrogens is 720 g/mol. The van der Waals surface area contributed by atoms with Gasteiger partial charge in [0.05, 0.1) is 38.6 Å². The highest BCUT2D eigenvalue weighted by Crippen LogP contribution is 2.37. The second kappa shape index (κ2) is 18.9. The van der Waals surface area contributed by atoms with Gasteiger partial charge in [-0.1, -0.05) is 18.2 Å². The monoisotopic (exact) mass is 760 g/mol. The molecule has 292 valence electrons. The first-order chi connectivity index (χ1) is 25.7. The number of rotatable bonds is 14. The Morgan fingerprint density at radius 3 is 2.26 bits per heavy atom. The Kier molecular flexibility index (Phi) is 14.4. The van der Waals surface area contributed by atoms with E-state index >= 15 is 0 Å². The number of hydrogen-bond donors (Lipinski definition) is 7. The van der Waals surface area contributed by atoms with E-state index in [1.165, 1.54) is 48.6 Å². The van der Waals surface area contributed by atoms with Gasteiger partial charge in [0.25, 0.3) is 0 Å². The predicted molar refractivity (Wildman–Crippen MR) is 180 cm³/mol. The van der Waals surface area contributed by atoms with E-state index in [9.17, 15) is 54.9 Å². The normalized spacial score (nSPS) is 24.6. The summed E-state index contributed by atoms with van der Waals surface area (Å²) in [7, 11) is 1.09. The van der Waals surface area contributed by atoms with Crippen LogP contribution in [0.3, 0.4) is 0 Å². The summed E-state index contributed by atoms with van der Waals surface area (Å²) in [6, 6.07) is 7.91. The summed E-state index contributed by atoms with van der Waals surface area (Å²) in [6.07, 6.45) is -6.00. The number of benzene rings is 2. The van der Waals surface area contributed by atoms with Crippen molar-refractivity contribution in [3.8, 4) is 23.0 Å². The summed E-state index contributed by atoms with van der Waals surface area (Å²) in [5, 5.41) is 70.3. The molecule has 0 amide bonds. The van der Waals surface area contributed by atoms with Crippen LogP contribution in [0.1, 0.15) is 24.5 Å². The maximum Gasteiger partial charge on any atom is 0.337 e. The molecule has 2 heterocycles. The van der Waals surface area contributed by atoms with Crippen LogP contribution in [0.15, 0.2) is 66.0 Å². The Hall–Kier alpha value is -5.66. The Bertz CT molecular complexity index is 1770. The number of hydrogen-bond acceptors (Lipinski definition) is 18. The Balaban J connectivity index is 1.49. The zero-order valence-corrected chi connectivity index (χ0v) is 29.0. The van der Waals surface area contributed by atoms with E-state index in [0.29, 0.717) is 11.1 Å². The molecule has 7 N–H and O–H groups in total. The van der Waals surface area contributed by atoms with Crippen molar-refractivity contribution in [3.63, 3.8) is 0 Å². The van der Waals surface area contributed by atoms with Crippen molar-refractivity contribution in [3.05, 3.63) is 77.1 Å². The van der Waals surface area contributed by atoms with Gasteiger partial charge >= 0.3 is 23.9 Å². The third-order valence-corrected chi connectivity index (χ3v) is 8.18. The summed E-state index contributed by atoms with van der Waals surface area (Å²) in [5.41, 5.74) is 0.737. The molecule has 0 saturated carbocycles. The molecular formula is C36H40O18. The van der Waals surface area contributed by atoms with Crippen LogP contribution in [0.4, 0.5) is 0 Å². The van der Waals surface area contributed by atoms with Gasteiger partial charge in [-0.3, -0.25) is 9.59 Å². The van der Waals surface area contributed by atoms with E-state index in [0.717, 1.165) is 26.4 Å². The highest BCUT2D eigenvalue weighted by atomic mass is 16.8. The van der Waals surface area contributed by atoms with Crippen molar-refractivity contribution in [2.45, 2.75) is 56.8 Å². The largest absolute Gasteiger partial charge is 0.504 e. The lowest BCUT2D eigenvalue weighted by molar-refractivity contribution is -0.329. The number of esters is 4. The van der Waals surface area contributed by atoms with Crippen LogP contribution >= 0.6 is 0 Å². The van der Waals surface area contributed by atoms with Crippen LogP contribution in [0.25, 0.3) is 6.08 Å². The fourth-order valence-corrected chi connectivity index (χ4v) is 5.49. The topological polar surface area (TPSA) is 274 Å². The van der Waals surface area contributed by atoms with Crippen molar-refractivity contribution >= 4 is 30.0 Å². The van der Waals surface area contributed by atoms with E-state index in [-0.39, 0.29) is 41.4 Å². The third-order valence-electron chi connectivity index (χ3n) is 8.18. The number of carbonyl (C=O) groups excluding carboxylic acids is 4. The molecule has 18 nitrogen and oxygen atoms in total. The minimum absolute atomic E-state index is 0.000137. The van der Waals surface area contributed by atoms with Crippen LogP contribution in [-0.2, 0) is 58.8 Å². The number of phenolic OH excluding ortho intramolecular Hbond substituents is 4.